The number of alkyl halides is 3. The molecule has 0 fully saturated rings. The topological polar surface area (TPSA) is 47.6 Å². The lowest BCUT2D eigenvalue weighted by Crippen LogP contribution is -2.58. The molecule has 0 unspecified atom stereocenters. The number of amidine groups is 1. The summed E-state index contributed by atoms with van der Waals surface area (Å²) in [6, 6.07) is 5.43. The van der Waals surface area contributed by atoms with E-state index in [4.69, 9.17) is 10.5 Å². The summed E-state index contributed by atoms with van der Waals surface area (Å²) < 4.78 is 58.2. The highest BCUT2D eigenvalue weighted by Gasteiger charge is 2.48. The Kier molecular flexibility index (Phi) is 3.99. The Morgan fingerprint density at radius 2 is 1.80 bits per heavy atom. The minimum absolute atomic E-state index is 0.0585. The van der Waals surface area contributed by atoms with Gasteiger partial charge in [-0.1, -0.05) is 18.2 Å². The zero-order chi connectivity index (χ0) is 14.8. The molecule has 0 saturated carbocycles. The molecule has 0 radical (unpaired) electrons. The first-order valence-corrected chi connectivity index (χ1v) is 5.96. The SMILES string of the molecule is NC1=N[C@](CF)(c2ccccc2F)COC1(CF)CF. The fourth-order valence-corrected chi connectivity index (χ4v) is 2.06. The van der Waals surface area contributed by atoms with E-state index in [2.05, 4.69) is 4.99 Å². The van der Waals surface area contributed by atoms with E-state index in [9.17, 15) is 17.6 Å². The van der Waals surface area contributed by atoms with Crippen molar-refractivity contribution in [1.82, 2.24) is 0 Å². The van der Waals surface area contributed by atoms with Gasteiger partial charge in [-0.3, -0.25) is 4.99 Å². The fourth-order valence-electron chi connectivity index (χ4n) is 2.06. The number of nitrogens with zero attached hydrogens (tertiary/aromatic N) is 1. The number of benzene rings is 1. The smallest absolute Gasteiger partial charge is 0.181 e. The molecule has 1 aliphatic rings. The van der Waals surface area contributed by atoms with Crippen LogP contribution in [0.1, 0.15) is 5.56 Å². The highest BCUT2D eigenvalue weighted by molar-refractivity contribution is 5.90. The molecule has 1 heterocycles. The van der Waals surface area contributed by atoms with Crippen LogP contribution in [0.3, 0.4) is 0 Å². The Labute approximate surface area is 113 Å². The maximum Gasteiger partial charge on any atom is 0.181 e. The van der Waals surface area contributed by atoms with Gasteiger partial charge in [0.15, 0.2) is 5.60 Å². The normalized spacial score (nSPS) is 25.3. The molecular weight excluding hydrogens is 276 g/mol. The molecule has 7 heteroatoms. The molecule has 2 N–H and O–H groups in total. The molecule has 1 aromatic carbocycles. The first kappa shape index (κ1) is 14.8. The lowest BCUT2D eigenvalue weighted by atomic mass is 9.89. The number of hydrogen-bond acceptors (Lipinski definition) is 3. The summed E-state index contributed by atoms with van der Waals surface area (Å²) >= 11 is 0. The zero-order valence-corrected chi connectivity index (χ0v) is 10.6. The van der Waals surface area contributed by atoms with E-state index in [1.807, 2.05) is 0 Å². The largest absolute Gasteiger partial charge is 0.385 e. The lowest BCUT2D eigenvalue weighted by Gasteiger charge is -2.39. The summed E-state index contributed by atoms with van der Waals surface area (Å²) in [7, 11) is 0. The Hall–Kier alpha value is -1.63. The van der Waals surface area contributed by atoms with Crippen molar-refractivity contribution >= 4 is 5.84 Å². The number of aliphatic imine (C=N–C) groups is 1. The van der Waals surface area contributed by atoms with Crippen molar-refractivity contribution in [3.63, 3.8) is 0 Å². The van der Waals surface area contributed by atoms with Gasteiger partial charge in [0.1, 0.15) is 37.2 Å². The van der Waals surface area contributed by atoms with Gasteiger partial charge in [0.05, 0.1) is 6.61 Å². The van der Waals surface area contributed by atoms with Gasteiger partial charge in [-0.25, -0.2) is 17.6 Å². The number of hydrogen-bond donors (Lipinski definition) is 1. The standard InChI is InChI=1S/C13H14F4N2O/c14-5-12(9-3-1-2-4-10(9)17)8-20-13(6-15,7-16)11(18)19-12/h1-4H,5-8H2,(H2,18,19)/t12-/m0/s1. The Morgan fingerprint density at radius 3 is 2.30 bits per heavy atom. The molecule has 20 heavy (non-hydrogen) atoms. The van der Waals surface area contributed by atoms with Gasteiger partial charge in [-0.2, -0.15) is 0 Å². The fraction of sp³-hybridized carbons (Fsp3) is 0.462. The van der Waals surface area contributed by atoms with Gasteiger partial charge in [-0.15, -0.1) is 0 Å². The minimum Gasteiger partial charge on any atom is -0.385 e. The van der Waals surface area contributed by atoms with Crippen LogP contribution in [0.4, 0.5) is 17.6 Å². The van der Waals surface area contributed by atoms with Crippen molar-refractivity contribution in [2.24, 2.45) is 10.7 Å². The number of halogens is 4. The second-order valence-corrected chi connectivity index (χ2v) is 4.69. The molecule has 1 aliphatic heterocycles. The maximum absolute atomic E-state index is 13.8. The van der Waals surface area contributed by atoms with Crippen molar-refractivity contribution in [3.8, 4) is 0 Å². The first-order chi connectivity index (χ1) is 9.53. The molecule has 0 bridgehead atoms. The molecule has 0 saturated heterocycles. The summed E-state index contributed by atoms with van der Waals surface area (Å²) in [6.45, 7) is -4.03. The molecule has 0 aliphatic carbocycles. The van der Waals surface area contributed by atoms with Gasteiger partial charge in [0.25, 0.3) is 0 Å². The van der Waals surface area contributed by atoms with Crippen LogP contribution in [-0.4, -0.2) is 38.1 Å². The van der Waals surface area contributed by atoms with Crippen LogP contribution in [0.15, 0.2) is 29.3 Å². The molecule has 0 aromatic heterocycles. The molecule has 110 valence electrons. The van der Waals surface area contributed by atoms with Gasteiger partial charge in [0, 0.05) is 5.56 Å². The summed E-state index contributed by atoms with van der Waals surface area (Å²) in [4.78, 5) is 3.83. The predicted octanol–water partition coefficient (Wildman–Crippen LogP) is 2.06. The third-order valence-electron chi connectivity index (χ3n) is 3.42. The van der Waals surface area contributed by atoms with Crippen molar-refractivity contribution in [1.29, 1.82) is 0 Å². The van der Waals surface area contributed by atoms with Gasteiger partial charge in [-0.05, 0) is 6.07 Å². The molecular formula is C13H14F4N2O. The van der Waals surface area contributed by atoms with E-state index in [-0.39, 0.29) is 5.56 Å². The molecule has 2 rings (SSSR count). The molecule has 1 atom stereocenters. The van der Waals surface area contributed by atoms with Gasteiger partial charge >= 0.3 is 0 Å². The van der Waals surface area contributed by atoms with E-state index in [0.717, 1.165) is 6.07 Å². The highest BCUT2D eigenvalue weighted by Crippen LogP contribution is 2.35. The second kappa shape index (κ2) is 5.40. The maximum atomic E-state index is 13.8. The van der Waals surface area contributed by atoms with Gasteiger partial charge < -0.3 is 10.5 Å². The Bertz CT molecular complexity index is 519. The number of nitrogens with two attached hydrogens (primary N) is 1. The summed E-state index contributed by atoms with van der Waals surface area (Å²) in [5.41, 5.74) is 1.77. The highest BCUT2D eigenvalue weighted by atomic mass is 19.1. The van der Waals surface area contributed by atoms with Crippen molar-refractivity contribution in [2.45, 2.75) is 11.1 Å². The summed E-state index contributed by atoms with van der Waals surface area (Å²) in [5, 5.41) is 0. The van der Waals surface area contributed by atoms with Crippen LogP contribution in [0.5, 0.6) is 0 Å². The van der Waals surface area contributed by atoms with Gasteiger partial charge in [0.2, 0.25) is 0 Å². The first-order valence-electron chi connectivity index (χ1n) is 5.96. The number of ether oxygens (including phenoxy) is 1. The summed E-state index contributed by atoms with van der Waals surface area (Å²) in [5.74, 6) is -1.19. The van der Waals surface area contributed by atoms with Crippen molar-refractivity contribution in [3.05, 3.63) is 35.6 Å². The van der Waals surface area contributed by atoms with Crippen LogP contribution in [0.2, 0.25) is 0 Å². The van der Waals surface area contributed by atoms with E-state index in [1.54, 1.807) is 0 Å². The molecule has 0 amide bonds. The van der Waals surface area contributed by atoms with E-state index in [1.165, 1.54) is 18.2 Å². The Morgan fingerprint density at radius 1 is 1.15 bits per heavy atom. The van der Waals surface area contributed by atoms with Crippen LogP contribution in [0.25, 0.3) is 0 Å². The van der Waals surface area contributed by atoms with Crippen LogP contribution in [-0.2, 0) is 10.3 Å². The third-order valence-corrected chi connectivity index (χ3v) is 3.42. The third kappa shape index (κ3) is 2.15. The lowest BCUT2D eigenvalue weighted by molar-refractivity contribution is -0.0644. The monoisotopic (exact) mass is 290 g/mol. The van der Waals surface area contributed by atoms with Crippen LogP contribution < -0.4 is 5.73 Å². The van der Waals surface area contributed by atoms with Crippen molar-refractivity contribution < 1.29 is 22.3 Å². The molecule has 1 aromatic rings. The zero-order valence-electron chi connectivity index (χ0n) is 10.6. The average molecular weight is 290 g/mol. The summed E-state index contributed by atoms with van der Waals surface area (Å²) in [6.07, 6.45) is 0. The van der Waals surface area contributed by atoms with E-state index in [0.29, 0.717) is 0 Å². The predicted molar refractivity (Wildman–Crippen MR) is 66.3 cm³/mol. The average Bonchev–Trinajstić information content (AvgIpc) is 2.48. The Balaban J connectivity index is 2.50. The number of rotatable bonds is 4. The van der Waals surface area contributed by atoms with E-state index < -0.39 is 49.4 Å². The minimum atomic E-state index is -2.00. The van der Waals surface area contributed by atoms with Crippen LogP contribution in [0, 0.1) is 5.82 Å². The van der Waals surface area contributed by atoms with Crippen LogP contribution >= 0.6 is 0 Å². The second-order valence-electron chi connectivity index (χ2n) is 4.69. The quantitative estimate of drug-likeness (QED) is 0.863. The van der Waals surface area contributed by atoms with E-state index >= 15 is 0 Å². The molecule has 3 nitrogen and oxygen atoms in total. The molecule has 0 spiro atoms. The van der Waals surface area contributed by atoms with Crippen molar-refractivity contribution in [2.75, 3.05) is 26.6 Å².